The highest BCUT2D eigenvalue weighted by Crippen LogP contribution is 2.22. The molecule has 2 rings (SSSR count). The molecule has 2 aromatic carbocycles. The van der Waals surface area contributed by atoms with Gasteiger partial charge in [0.1, 0.15) is 18.1 Å². The van der Waals surface area contributed by atoms with E-state index < -0.39 is 12.1 Å². The number of carbonyl (C=O) groups is 2. The molecule has 0 aliphatic heterocycles. The van der Waals surface area contributed by atoms with E-state index in [2.05, 4.69) is 0 Å². The third kappa shape index (κ3) is 5.08. The molecule has 0 aliphatic carbocycles. The number of hydrogen-bond acceptors (Lipinski definition) is 5. The van der Waals surface area contributed by atoms with Crippen molar-refractivity contribution in [3.05, 3.63) is 59.2 Å². The molecule has 0 amide bonds. The van der Waals surface area contributed by atoms with Gasteiger partial charge in [0, 0.05) is 11.1 Å². The fourth-order valence-electron chi connectivity index (χ4n) is 2.25. The second kappa shape index (κ2) is 8.33. The minimum atomic E-state index is -0.746. The second-order valence-electron chi connectivity index (χ2n) is 5.76. The Hall–Kier alpha value is -2.82. The number of ketones is 1. The average Bonchev–Trinajstić information content (AvgIpc) is 2.61. The van der Waals surface area contributed by atoms with E-state index >= 15 is 0 Å². The van der Waals surface area contributed by atoms with E-state index in [1.807, 2.05) is 19.1 Å². The van der Waals surface area contributed by atoms with E-state index in [1.54, 1.807) is 37.3 Å². The van der Waals surface area contributed by atoms with E-state index in [-0.39, 0.29) is 12.4 Å². The van der Waals surface area contributed by atoms with Gasteiger partial charge in [-0.1, -0.05) is 17.7 Å². The van der Waals surface area contributed by atoms with Crippen LogP contribution in [0.15, 0.2) is 42.5 Å². The fraction of sp³-hybridized carbons (Fsp3) is 0.300. The molecular formula is C20H22O5. The molecule has 0 saturated heterocycles. The molecular weight excluding hydrogens is 320 g/mol. The van der Waals surface area contributed by atoms with Gasteiger partial charge in [0.2, 0.25) is 0 Å². The Kier molecular flexibility index (Phi) is 6.17. The van der Waals surface area contributed by atoms with E-state index in [0.29, 0.717) is 22.6 Å². The van der Waals surface area contributed by atoms with Gasteiger partial charge in [-0.2, -0.15) is 0 Å². The predicted molar refractivity (Wildman–Crippen MR) is 94.1 cm³/mol. The Morgan fingerprint density at radius 2 is 1.76 bits per heavy atom. The summed E-state index contributed by atoms with van der Waals surface area (Å²) >= 11 is 0. The summed E-state index contributed by atoms with van der Waals surface area (Å²) in [6.45, 7) is 5.09. The average molecular weight is 342 g/mol. The smallest absolute Gasteiger partial charge is 0.347 e. The van der Waals surface area contributed by atoms with Crippen LogP contribution in [-0.4, -0.2) is 25.0 Å². The van der Waals surface area contributed by atoms with Gasteiger partial charge in [-0.25, -0.2) is 4.79 Å². The molecule has 0 spiro atoms. The maximum absolute atomic E-state index is 12.2. The lowest BCUT2D eigenvalue weighted by Gasteiger charge is -2.15. The van der Waals surface area contributed by atoms with E-state index in [4.69, 9.17) is 14.2 Å². The number of rotatable bonds is 7. The van der Waals surface area contributed by atoms with E-state index in [1.165, 1.54) is 14.0 Å². The fourth-order valence-corrected chi connectivity index (χ4v) is 2.25. The molecule has 5 heteroatoms. The van der Waals surface area contributed by atoms with Crippen molar-refractivity contribution in [3.63, 3.8) is 0 Å². The number of methoxy groups -OCH3 is 1. The molecule has 0 heterocycles. The van der Waals surface area contributed by atoms with E-state index in [0.717, 1.165) is 5.56 Å². The van der Waals surface area contributed by atoms with Crippen LogP contribution in [0.4, 0.5) is 0 Å². The molecule has 0 N–H and O–H groups in total. The molecule has 1 atom stereocenters. The SMILES string of the molecule is COc1ccc(C(C)=O)cc1COC(=O)[C@H](C)Oc1ccc(C)cc1. The van der Waals surface area contributed by atoms with Crippen LogP contribution in [-0.2, 0) is 16.1 Å². The molecule has 25 heavy (non-hydrogen) atoms. The van der Waals surface area contributed by atoms with E-state index in [9.17, 15) is 9.59 Å². The molecule has 2 aromatic rings. The van der Waals surface area contributed by atoms with Crippen LogP contribution in [0.5, 0.6) is 11.5 Å². The maximum atomic E-state index is 12.2. The van der Waals surface area contributed by atoms with Crippen molar-refractivity contribution < 1.29 is 23.8 Å². The molecule has 0 aromatic heterocycles. The third-order valence-electron chi connectivity index (χ3n) is 3.72. The largest absolute Gasteiger partial charge is 0.496 e. The summed E-state index contributed by atoms with van der Waals surface area (Å²) in [6, 6.07) is 12.5. The quantitative estimate of drug-likeness (QED) is 0.567. The molecule has 5 nitrogen and oxygen atoms in total. The van der Waals surface area contributed by atoms with Gasteiger partial charge in [-0.3, -0.25) is 4.79 Å². The lowest BCUT2D eigenvalue weighted by atomic mass is 10.1. The lowest BCUT2D eigenvalue weighted by molar-refractivity contribution is -0.152. The molecule has 0 bridgehead atoms. The predicted octanol–water partition coefficient (Wildman–Crippen LogP) is 3.72. The molecule has 0 aliphatic rings. The van der Waals surface area contributed by atoms with Crippen LogP contribution in [0, 0.1) is 6.92 Å². The Balaban J connectivity index is 2.00. The standard InChI is InChI=1S/C20H22O5/c1-13-5-8-18(9-6-13)25-15(3)20(22)24-12-17-11-16(14(2)21)7-10-19(17)23-4/h5-11,15H,12H2,1-4H3/t15-/m0/s1. The van der Waals surface area contributed by atoms with Crippen LogP contribution in [0.1, 0.15) is 35.3 Å². The maximum Gasteiger partial charge on any atom is 0.347 e. The second-order valence-corrected chi connectivity index (χ2v) is 5.76. The molecule has 0 unspecified atom stereocenters. The minimum Gasteiger partial charge on any atom is -0.496 e. The van der Waals surface area contributed by atoms with Gasteiger partial charge in [0.05, 0.1) is 7.11 Å². The Labute approximate surface area is 147 Å². The Morgan fingerprint density at radius 3 is 2.36 bits per heavy atom. The number of hydrogen-bond donors (Lipinski definition) is 0. The highest BCUT2D eigenvalue weighted by molar-refractivity contribution is 5.94. The van der Waals surface area contributed by atoms with Gasteiger partial charge in [-0.15, -0.1) is 0 Å². The Bertz CT molecular complexity index is 749. The Morgan fingerprint density at radius 1 is 1.08 bits per heavy atom. The molecule has 0 fully saturated rings. The summed E-state index contributed by atoms with van der Waals surface area (Å²) in [5.41, 5.74) is 2.28. The first-order valence-electron chi connectivity index (χ1n) is 7.98. The number of carbonyl (C=O) groups excluding carboxylic acids is 2. The monoisotopic (exact) mass is 342 g/mol. The highest BCUT2D eigenvalue weighted by atomic mass is 16.6. The van der Waals surface area contributed by atoms with Crippen molar-refractivity contribution in [2.45, 2.75) is 33.5 Å². The third-order valence-corrected chi connectivity index (χ3v) is 3.72. The van der Waals surface area contributed by atoms with Gasteiger partial charge < -0.3 is 14.2 Å². The number of benzene rings is 2. The summed E-state index contributed by atoms with van der Waals surface area (Å²) in [5.74, 6) is 0.610. The first-order valence-corrected chi connectivity index (χ1v) is 7.98. The van der Waals surface area contributed by atoms with Gasteiger partial charge in [0.15, 0.2) is 11.9 Å². The van der Waals surface area contributed by atoms with Crippen molar-refractivity contribution in [1.29, 1.82) is 0 Å². The molecule has 0 radical (unpaired) electrons. The zero-order valence-corrected chi connectivity index (χ0v) is 14.9. The van der Waals surface area contributed by atoms with Crippen LogP contribution in [0.25, 0.3) is 0 Å². The summed E-state index contributed by atoms with van der Waals surface area (Å²) in [7, 11) is 1.53. The van der Waals surface area contributed by atoms with Crippen molar-refractivity contribution in [1.82, 2.24) is 0 Å². The summed E-state index contributed by atoms with van der Waals surface area (Å²) in [4.78, 5) is 23.7. The van der Waals surface area contributed by atoms with Crippen molar-refractivity contribution in [2.75, 3.05) is 7.11 Å². The normalized spacial score (nSPS) is 11.5. The first kappa shape index (κ1) is 18.5. The molecule has 132 valence electrons. The highest BCUT2D eigenvalue weighted by Gasteiger charge is 2.18. The summed E-state index contributed by atoms with van der Waals surface area (Å²) in [6.07, 6.45) is -0.746. The van der Waals surface area contributed by atoms with Crippen LogP contribution in [0.2, 0.25) is 0 Å². The first-order chi connectivity index (χ1) is 11.9. The minimum absolute atomic E-state index is 0.00469. The van der Waals surface area contributed by atoms with Crippen LogP contribution >= 0.6 is 0 Å². The number of aryl methyl sites for hydroxylation is 1. The van der Waals surface area contributed by atoms with Crippen molar-refractivity contribution in [3.8, 4) is 11.5 Å². The van der Waals surface area contributed by atoms with Gasteiger partial charge in [-0.05, 0) is 51.1 Å². The van der Waals surface area contributed by atoms with Gasteiger partial charge in [0.25, 0.3) is 0 Å². The zero-order chi connectivity index (χ0) is 18.4. The lowest BCUT2D eigenvalue weighted by Crippen LogP contribution is -2.26. The van der Waals surface area contributed by atoms with Gasteiger partial charge >= 0.3 is 5.97 Å². The van der Waals surface area contributed by atoms with Crippen LogP contribution in [0.3, 0.4) is 0 Å². The zero-order valence-electron chi connectivity index (χ0n) is 14.9. The summed E-state index contributed by atoms with van der Waals surface area (Å²) < 4.78 is 16.1. The van der Waals surface area contributed by atoms with Crippen molar-refractivity contribution >= 4 is 11.8 Å². The topological polar surface area (TPSA) is 61.8 Å². The van der Waals surface area contributed by atoms with Crippen LogP contribution < -0.4 is 9.47 Å². The number of ether oxygens (including phenoxy) is 3. The number of Topliss-reactive ketones (excluding diaryl/α,β-unsaturated/α-hetero) is 1. The van der Waals surface area contributed by atoms with Crippen molar-refractivity contribution in [2.24, 2.45) is 0 Å². The molecule has 0 saturated carbocycles. The number of esters is 1. The summed E-state index contributed by atoms with van der Waals surface area (Å²) in [5, 5.41) is 0.